The van der Waals surface area contributed by atoms with Gasteiger partial charge in [-0.15, -0.1) is 0 Å². The summed E-state index contributed by atoms with van der Waals surface area (Å²) in [6.45, 7) is 0.444. The zero-order chi connectivity index (χ0) is 10.7. The summed E-state index contributed by atoms with van der Waals surface area (Å²) in [5, 5.41) is 3.05. The Balaban J connectivity index is 1.98. The molecule has 4 heteroatoms. The molecule has 0 saturated carbocycles. The van der Waals surface area contributed by atoms with E-state index in [0.717, 1.165) is 11.4 Å². The molecule has 81 valence electrons. The van der Waals surface area contributed by atoms with Crippen LogP contribution in [0.2, 0.25) is 0 Å². The molecule has 0 aromatic heterocycles. The van der Waals surface area contributed by atoms with Crippen molar-refractivity contribution in [2.45, 2.75) is 12.5 Å². The van der Waals surface area contributed by atoms with Crippen molar-refractivity contribution in [1.82, 2.24) is 0 Å². The van der Waals surface area contributed by atoms with Crippen LogP contribution in [0.4, 0.5) is 10.1 Å². The Hall–Kier alpha value is -1.29. The lowest BCUT2D eigenvalue weighted by atomic mass is 10.2. The Morgan fingerprint density at radius 3 is 2.67 bits per heavy atom. The molecule has 0 spiro atoms. The van der Waals surface area contributed by atoms with Crippen molar-refractivity contribution >= 4 is 5.69 Å². The van der Waals surface area contributed by atoms with Crippen LogP contribution in [0.25, 0.3) is 0 Å². The summed E-state index contributed by atoms with van der Waals surface area (Å²) in [7, 11) is 1.61. The summed E-state index contributed by atoms with van der Waals surface area (Å²) < 4.78 is 22.8. The fourth-order valence-corrected chi connectivity index (χ4v) is 1.51. The Kier molecular flexibility index (Phi) is 3.06. The molecule has 1 radical (unpaired) electrons. The van der Waals surface area contributed by atoms with Gasteiger partial charge in [-0.2, -0.15) is 0 Å². The van der Waals surface area contributed by atoms with Gasteiger partial charge in [0.1, 0.15) is 5.75 Å². The van der Waals surface area contributed by atoms with E-state index in [1.807, 2.05) is 24.3 Å². The van der Waals surface area contributed by atoms with Gasteiger partial charge >= 0.3 is 0 Å². The van der Waals surface area contributed by atoms with Crippen molar-refractivity contribution in [2.24, 2.45) is 0 Å². The van der Waals surface area contributed by atoms with E-state index in [-0.39, 0.29) is 6.04 Å². The topological polar surface area (TPSA) is 30.5 Å². The number of methoxy groups -OCH3 is 1. The van der Waals surface area contributed by atoms with Crippen LogP contribution in [0.1, 0.15) is 6.42 Å². The molecule has 1 saturated heterocycles. The Morgan fingerprint density at radius 2 is 2.13 bits per heavy atom. The van der Waals surface area contributed by atoms with Crippen molar-refractivity contribution in [3.8, 4) is 5.75 Å². The zero-order valence-electron chi connectivity index (χ0n) is 8.50. The van der Waals surface area contributed by atoms with Crippen LogP contribution in [-0.2, 0) is 4.74 Å². The van der Waals surface area contributed by atoms with Gasteiger partial charge in [-0.3, -0.25) is 0 Å². The van der Waals surface area contributed by atoms with Gasteiger partial charge in [0.15, 0.2) is 0 Å². The number of nitrogens with one attached hydrogen (secondary N) is 1. The maximum atomic E-state index is 13.0. The highest BCUT2D eigenvalue weighted by atomic mass is 19.1. The van der Waals surface area contributed by atoms with Crippen molar-refractivity contribution in [2.75, 3.05) is 19.0 Å². The Morgan fingerprint density at radius 1 is 1.40 bits per heavy atom. The quantitative estimate of drug-likeness (QED) is 0.830. The van der Waals surface area contributed by atoms with Crippen molar-refractivity contribution in [3.63, 3.8) is 0 Å². The Labute approximate surface area is 88.2 Å². The minimum atomic E-state index is -0.425. The van der Waals surface area contributed by atoms with Gasteiger partial charge in [-0.25, -0.2) is 4.39 Å². The molecule has 1 aromatic carbocycles. The smallest absolute Gasteiger partial charge is 0.291 e. The molecule has 0 bridgehead atoms. The van der Waals surface area contributed by atoms with Crippen LogP contribution in [0.15, 0.2) is 24.3 Å². The summed E-state index contributed by atoms with van der Waals surface area (Å²) in [5.74, 6) is 0.785. The van der Waals surface area contributed by atoms with Crippen molar-refractivity contribution in [3.05, 3.63) is 30.6 Å². The van der Waals surface area contributed by atoms with Gasteiger partial charge in [-0.05, 0) is 30.7 Å². The number of anilines is 1. The minimum absolute atomic E-state index is 0.321. The van der Waals surface area contributed by atoms with Crippen LogP contribution in [0.5, 0.6) is 5.75 Å². The van der Waals surface area contributed by atoms with E-state index in [1.54, 1.807) is 7.11 Å². The minimum Gasteiger partial charge on any atom is -0.497 e. The van der Waals surface area contributed by atoms with Gasteiger partial charge < -0.3 is 14.8 Å². The van der Waals surface area contributed by atoms with Gasteiger partial charge in [0, 0.05) is 5.69 Å². The first-order valence-electron chi connectivity index (χ1n) is 4.85. The van der Waals surface area contributed by atoms with E-state index in [0.29, 0.717) is 13.0 Å². The van der Waals surface area contributed by atoms with Crippen LogP contribution < -0.4 is 10.1 Å². The third-order valence-electron chi connectivity index (χ3n) is 2.35. The summed E-state index contributed by atoms with van der Waals surface area (Å²) in [6.07, 6.45) is 0.239. The predicted octanol–water partition coefficient (Wildman–Crippen LogP) is 2.35. The lowest BCUT2D eigenvalue weighted by Gasteiger charge is -2.13. The highest BCUT2D eigenvalue weighted by molar-refractivity contribution is 5.47. The maximum Gasteiger partial charge on any atom is 0.291 e. The number of benzene rings is 1. The first kappa shape index (κ1) is 10.2. The lowest BCUT2D eigenvalue weighted by Crippen LogP contribution is -2.20. The van der Waals surface area contributed by atoms with E-state index in [1.165, 1.54) is 0 Å². The molecule has 0 amide bonds. The number of hydrogen-bond donors (Lipinski definition) is 1. The standard InChI is InChI=1S/C11H13FNO2/c1-14-9-4-2-8(3-5-9)13-10-6-7-15-11(10)12/h2-5,10,13H,6-7H2,1H3. The van der Waals surface area contributed by atoms with Gasteiger partial charge in [0.05, 0.1) is 19.8 Å². The van der Waals surface area contributed by atoms with Gasteiger partial charge in [-0.1, -0.05) is 0 Å². The van der Waals surface area contributed by atoms with Crippen LogP contribution in [0, 0.1) is 6.36 Å². The van der Waals surface area contributed by atoms with Crippen molar-refractivity contribution in [1.29, 1.82) is 0 Å². The van der Waals surface area contributed by atoms with Gasteiger partial charge in [0.25, 0.3) is 6.36 Å². The zero-order valence-corrected chi connectivity index (χ0v) is 8.50. The predicted molar refractivity (Wildman–Crippen MR) is 55.3 cm³/mol. The molecule has 1 aromatic rings. The summed E-state index contributed by atoms with van der Waals surface area (Å²) in [4.78, 5) is 0. The molecule has 1 atom stereocenters. The number of halogens is 1. The van der Waals surface area contributed by atoms with E-state index >= 15 is 0 Å². The normalized spacial score (nSPS) is 21.6. The summed E-state index contributed by atoms with van der Waals surface area (Å²) >= 11 is 0. The molecule has 3 nitrogen and oxygen atoms in total. The van der Waals surface area contributed by atoms with E-state index in [2.05, 4.69) is 5.32 Å². The van der Waals surface area contributed by atoms with Crippen LogP contribution in [-0.4, -0.2) is 19.8 Å². The average molecular weight is 210 g/mol. The molecule has 2 rings (SSSR count). The largest absolute Gasteiger partial charge is 0.497 e. The van der Waals surface area contributed by atoms with Crippen LogP contribution >= 0.6 is 0 Å². The van der Waals surface area contributed by atoms with E-state index < -0.39 is 6.36 Å². The Bertz CT molecular complexity index is 315. The monoisotopic (exact) mass is 210 g/mol. The molecule has 1 unspecified atom stereocenters. The highest BCUT2D eigenvalue weighted by Gasteiger charge is 2.29. The summed E-state index contributed by atoms with van der Waals surface area (Å²) in [6, 6.07) is 7.04. The average Bonchev–Trinajstić information content (AvgIpc) is 2.66. The molecule has 1 aliphatic rings. The molecule has 15 heavy (non-hydrogen) atoms. The second-order valence-corrected chi connectivity index (χ2v) is 3.37. The molecule has 1 aliphatic heterocycles. The number of rotatable bonds is 3. The second kappa shape index (κ2) is 4.49. The van der Waals surface area contributed by atoms with Gasteiger partial charge in [0.2, 0.25) is 0 Å². The third-order valence-corrected chi connectivity index (χ3v) is 2.35. The molecule has 1 heterocycles. The SMILES string of the molecule is COc1ccc(NC2CCO[C]2F)cc1. The summed E-state index contributed by atoms with van der Waals surface area (Å²) in [5.41, 5.74) is 0.862. The first-order chi connectivity index (χ1) is 7.29. The molecule has 1 N–H and O–H groups in total. The fourth-order valence-electron chi connectivity index (χ4n) is 1.51. The van der Waals surface area contributed by atoms with Crippen LogP contribution in [0.3, 0.4) is 0 Å². The van der Waals surface area contributed by atoms with E-state index in [4.69, 9.17) is 9.47 Å². The number of ether oxygens (including phenoxy) is 2. The maximum absolute atomic E-state index is 13.0. The van der Waals surface area contributed by atoms with Crippen molar-refractivity contribution < 1.29 is 13.9 Å². The highest BCUT2D eigenvalue weighted by Crippen LogP contribution is 2.26. The molecule has 0 aliphatic carbocycles. The second-order valence-electron chi connectivity index (χ2n) is 3.37. The lowest BCUT2D eigenvalue weighted by molar-refractivity contribution is 0.108. The molecule has 1 fully saturated rings. The first-order valence-corrected chi connectivity index (χ1v) is 4.85. The fraction of sp³-hybridized carbons (Fsp3) is 0.364. The number of hydrogen-bond acceptors (Lipinski definition) is 3. The molecular weight excluding hydrogens is 197 g/mol. The van der Waals surface area contributed by atoms with E-state index in [9.17, 15) is 4.39 Å². The molecular formula is C11H13FNO2. The third kappa shape index (κ3) is 2.39.